The second kappa shape index (κ2) is 8.15. The van der Waals surface area contributed by atoms with Gasteiger partial charge in [-0.2, -0.15) is 0 Å². The van der Waals surface area contributed by atoms with Crippen LogP contribution >= 0.6 is 0 Å². The summed E-state index contributed by atoms with van der Waals surface area (Å²) in [5.74, 6) is 0. The van der Waals surface area contributed by atoms with E-state index < -0.39 is 0 Å². The van der Waals surface area contributed by atoms with E-state index in [1.165, 1.54) is 70.9 Å². The summed E-state index contributed by atoms with van der Waals surface area (Å²) in [6, 6.07) is 0.828. The van der Waals surface area contributed by atoms with Gasteiger partial charge in [-0.05, 0) is 39.3 Å². The van der Waals surface area contributed by atoms with Gasteiger partial charge in [0, 0.05) is 6.04 Å². The lowest BCUT2D eigenvalue weighted by molar-refractivity contribution is 0.179. The average Bonchev–Trinajstić information content (AvgIpc) is 2.17. The van der Waals surface area contributed by atoms with Crippen LogP contribution in [0.5, 0.6) is 0 Å². The summed E-state index contributed by atoms with van der Waals surface area (Å²) in [6.45, 7) is 7.43. The van der Waals surface area contributed by atoms with E-state index in [2.05, 4.69) is 18.7 Å². The topological polar surface area (TPSA) is 3.24 Å². The fourth-order valence-corrected chi connectivity index (χ4v) is 2.59. The molecule has 1 heteroatoms. The van der Waals surface area contributed by atoms with E-state index in [1.807, 2.05) is 0 Å². The minimum Gasteiger partial charge on any atom is -0.301 e. The predicted octanol–water partition coefficient (Wildman–Crippen LogP) is 4.22. The molecule has 0 spiro atoms. The molecule has 1 unspecified atom stereocenters. The summed E-state index contributed by atoms with van der Waals surface area (Å²) in [4.78, 5) is 2.73. The molecule has 1 atom stereocenters. The molecule has 0 aromatic rings. The zero-order chi connectivity index (χ0) is 10.9. The normalized spacial score (nSPS) is 22.0. The maximum Gasteiger partial charge on any atom is 0.00669 e. The lowest BCUT2D eigenvalue weighted by Gasteiger charge is -2.30. The molecule has 0 aromatic carbocycles. The summed E-state index contributed by atoms with van der Waals surface area (Å²) in [7, 11) is 0. The Morgan fingerprint density at radius 3 is 2.13 bits per heavy atom. The van der Waals surface area contributed by atoms with Crippen molar-refractivity contribution in [2.75, 3.05) is 13.1 Å². The summed E-state index contributed by atoms with van der Waals surface area (Å²) >= 11 is 0. The molecule has 0 N–H and O–H groups in total. The molecule has 1 aliphatic rings. The first-order valence-electron chi connectivity index (χ1n) is 7.08. The van der Waals surface area contributed by atoms with E-state index in [0.29, 0.717) is 0 Å². The predicted molar refractivity (Wildman–Crippen MR) is 68.3 cm³/mol. The third-order valence-electron chi connectivity index (χ3n) is 3.74. The Morgan fingerprint density at radius 1 is 0.933 bits per heavy atom. The van der Waals surface area contributed by atoms with Crippen LogP contribution in [0.15, 0.2) is 0 Å². The van der Waals surface area contributed by atoms with Gasteiger partial charge in [0.1, 0.15) is 0 Å². The van der Waals surface area contributed by atoms with Gasteiger partial charge in [0.25, 0.3) is 0 Å². The molecule has 1 fully saturated rings. The van der Waals surface area contributed by atoms with Crippen LogP contribution in [0.1, 0.15) is 71.6 Å². The minimum absolute atomic E-state index is 0.828. The molecule has 1 aliphatic heterocycles. The smallest absolute Gasteiger partial charge is 0.00669 e. The van der Waals surface area contributed by atoms with Crippen molar-refractivity contribution in [2.45, 2.75) is 77.7 Å². The van der Waals surface area contributed by atoms with Crippen LogP contribution in [0.25, 0.3) is 0 Å². The molecule has 0 bridgehead atoms. The Kier molecular flexibility index (Phi) is 7.08. The first-order chi connectivity index (χ1) is 7.34. The Bertz CT molecular complexity index is 136. The van der Waals surface area contributed by atoms with Crippen molar-refractivity contribution in [3.63, 3.8) is 0 Å². The Morgan fingerprint density at radius 2 is 1.53 bits per heavy atom. The highest BCUT2D eigenvalue weighted by molar-refractivity contribution is 4.69. The Hall–Kier alpha value is -0.0400. The maximum atomic E-state index is 2.73. The van der Waals surface area contributed by atoms with E-state index in [1.54, 1.807) is 0 Å². The number of hydrogen-bond donors (Lipinski definition) is 0. The van der Waals surface area contributed by atoms with Crippen LogP contribution in [-0.4, -0.2) is 24.0 Å². The van der Waals surface area contributed by atoms with Gasteiger partial charge in [-0.15, -0.1) is 0 Å². The first-order valence-corrected chi connectivity index (χ1v) is 7.08. The molecule has 1 saturated heterocycles. The second-order valence-electron chi connectivity index (χ2n) is 5.15. The van der Waals surface area contributed by atoms with Crippen LogP contribution in [0.4, 0.5) is 0 Å². The van der Waals surface area contributed by atoms with Crippen LogP contribution < -0.4 is 0 Å². The van der Waals surface area contributed by atoms with Gasteiger partial charge in [-0.25, -0.2) is 0 Å². The van der Waals surface area contributed by atoms with Crippen molar-refractivity contribution in [1.82, 2.24) is 4.90 Å². The highest BCUT2D eigenvalue weighted by atomic mass is 15.1. The van der Waals surface area contributed by atoms with E-state index in [-0.39, 0.29) is 0 Å². The van der Waals surface area contributed by atoms with Crippen LogP contribution in [0, 0.1) is 0 Å². The van der Waals surface area contributed by atoms with Crippen LogP contribution in [-0.2, 0) is 0 Å². The van der Waals surface area contributed by atoms with E-state index in [0.717, 1.165) is 6.04 Å². The van der Waals surface area contributed by atoms with Gasteiger partial charge in [-0.3, -0.25) is 0 Å². The van der Waals surface area contributed by atoms with E-state index in [4.69, 9.17) is 0 Å². The van der Waals surface area contributed by atoms with Gasteiger partial charge in [0.2, 0.25) is 0 Å². The molecule has 0 aromatic heterocycles. The largest absolute Gasteiger partial charge is 0.301 e. The number of hydrogen-bond acceptors (Lipinski definition) is 1. The Balaban J connectivity index is 2.19. The number of rotatable bonds is 5. The van der Waals surface area contributed by atoms with Crippen molar-refractivity contribution in [3.8, 4) is 0 Å². The highest BCUT2D eigenvalue weighted by Crippen LogP contribution is 2.16. The fourth-order valence-electron chi connectivity index (χ4n) is 2.59. The zero-order valence-corrected chi connectivity index (χ0v) is 10.8. The molecule has 0 saturated carbocycles. The van der Waals surface area contributed by atoms with Gasteiger partial charge in [0.15, 0.2) is 0 Å². The standard InChI is InChI=1S/C14H29N/c1-3-4-8-11-14(2)15-12-9-6-5-7-10-13-15/h14H,3-13H2,1-2H3. The highest BCUT2D eigenvalue weighted by Gasteiger charge is 2.13. The molecular formula is C14H29N. The zero-order valence-electron chi connectivity index (χ0n) is 10.8. The van der Waals surface area contributed by atoms with E-state index >= 15 is 0 Å². The quantitative estimate of drug-likeness (QED) is 0.615. The maximum absolute atomic E-state index is 2.73. The van der Waals surface area contributed by atoms with Gasteiger partial charge in [-0.1, -0.05) is 45.4 Å². The summed E-state index contributed by atoms with van der Waals surface area (Å²) < 4.78 is 0. The Labute approximate surface area is 96.2 Å². The molecule has 15 heavy (non-hydrogen) atoms. The van der Waals surface area contributed by atoms with Crippen molar-refractivity contribution in [3.05, 3.63) is 0 Å². The fraction of sp³-hybridized carbons (Fsp3) is 1.00. The monoisotopic (exact) mass is 211 g/mol. The number of likely N-dealkylation sites (tertiary alicyclic amines) is 1. The van der Waals surface area contributed by atoms with Crippen LogP contribution in [0.2, 0.25) is 0 Å². The van der Waals surface area contributed by atoms with E-state index in [9.17, 15) is 0 Å². The van der Waals surface area contributed by atoms with Gasteiger partial charge in [0.05, 0.1) is 0 Å². The van der Waals surface area contributed by atoms with Crippen molar-refractivity contribution in [1.29, 1.82) is 0 Å². The van der Waals surface area contributed by atoms with Crippen molar-refractivity contribution >= 4 is 0 Å². The molecule has 1 heterocycles. The lowest BCUT2D eigenvalue weighted by atomic mass is 10.0. The number of nitrogens with zero attached hydrogens (tertiary/aromatic N) is 1. The number of unbranched alkanes of at least 4 members (excludes halogenated alkanes) is 2. The summed E-state index contributed by atoms with van der Waals surface area (Å²) in [6.07, 6.45) is 12.8. The summed E-state index contributed by atoms with van der Waals surface area (Å²) in [5.41, 5.74) is 0. The molecule has 90 valence electrons. The van der Waals surface area contributed by atoms with Gasteiger partial charge >= 0.3 is 0 Å². The average molecular weight is 211 g/mol. The van der Waals surface area contributed by atoms with Crippen molar-refractivity contribution < 1.29 is 0 Å². The van der Waals surface area contributed by atoms with Crippen molar-refractivity contribution in [2.24, 2.45) is 0 Å². The summed E-state index contributed by atoms with van der Waals surface area (Å²) in [5, 5.41) is 0. The molecule has 1 nitrogen and oxygen atoms in total. The molecule has 1 rings (SSSR count). The first kappa shape index (κ1) is 13.0. The molecule has 0 radical (unpaired) electrons. The lowest BCUT2D eigenvalue weighted by Crippen LogP contribution is -2.35. The SMILES string of the molecule is CCCCCC(C)N1CCCCCCC1. The minimum atomic E-state index is 0.828. The molecule has 0 aliphatic carbocycles. The molecule has 0 amide bonds. The third kappa shape index (κ3) is 5.55. The molecular weight excluding hydrogens is 182 g/mol. The van der Waals surface area contributed by atoms with Gasteiger partial charge < -0.3 is 4.90 Å². The van der Waals surface area contributed by atoms with Crippen LogP contribution in [0.3, 0.4) is 0 Å². The third-order valence-corrected chi connectivity index (χ3v) is 3.74. The second-order valence-corrected chi connectivity index (χ2v) is 5.15.